The summed E-state index contributed by atoms with van der Waals surface area (Å²) in [6.07, 6.45) is 0.445. The summed E-state index contributed by atoms with van der Waals surface area (Å²) in [4.78, 5) is 21.4. The van der Waals surface area contributed by atoms with Gasteiger partial charge < -0.3 is 5.11 Å². The summed E-state index contributed by atoms with van der Waals surface area (Å²) in [5.74, 6) is -0.923. The van der Waals surface area contributed by atoms with Crippen molar-refractivity contribution in [1.82, 2.24) is 0 Å². The van der Waals surface area contributed by atoms with E-state index >= 15 is 0 Å². The SMILES string of the molecule is CCC(SC(C[N+](=O)[O-])c1ccc(C)cc1)C(=O)O. The van der Waals surface area contributed by atoms with Gasteiger partial charge in [-0.15, -0.1) is 11.8 Å². The van der Waals surface area contributed by atoms with Crippen LogP contribution in [0.25, 0.3) is 0 Å². The van der Waals surface area contributed by atoms with Crippen LogP contribution >= 0.6 is 11.8 Å². The van der Waals surface area contributed by atoms with Crippen molar-refractivity contribution in [3.05, 3.63) is 45.5 Å². The van der Waals surface area contributed by atoms with Crippen LogP contribution in [0.2, 0.25) is 0 Å². The van der Waals surface area contributed by atoms with E-state index in [1.54, 1.807) is 6.92 Å². The van der Waals surface area contributed by atoms with Crippen molar-refractivity contribution in [2.24, 2.45) is 0 Å². The van der Waals surface area contributed by atoms with Crippen LogP contribution in [-0.4, -0.2) is 27.8 Å². The molecule has 5 nitrogen and oxygen atoms in total. The number of aryl methyl sites for hydroxylation is 1. The third-order valence-electron chi connectivity index (χ3n) is 2.74. The summed E-state index contributed by atoms with van der Waals surface area (Å²) in [7, 11) is 0. The van der Waals surface area contributed by atoms with E-state index in [4.69, 9.17) is 5.11 Å². The molecule has 0 saturated carbocycles. The van der Waals surface area contributed by atoms with Crippen molar-refractivity contribution in [2.45, 2.75) is 30.8 Å². The molecule has 0 aliphatic carbocycles. The number of hydrogen-bond acceptors (Lipinski definition) is 4. The fourth-order valence-corrected chi connectivity index (χ4v) is 2.90. The molecule has 0 bridgehead atoms. The Labute approximate surface area is 116 Å². The molecule has 104 valence electrons. The highest BCUT2D eigenvalue weighted by Crippen LogP contribution is 2.34. The van der Waals surface area contributed by atoms with E-state index in [1.807, 2.05) is 31.2 Å². The molecule has 0 amide bonds. The van der Waals surface area contributed by atoms with Gasteiger partial charge in [0.15, 0.2) is 0 Å². The Hall–Kier alpha value is -1.56. The second-order valence-corrected chi connectivity index (χ2v) is 5.70. The maximum atomic E-state index is 11.0. The zero-order valence-corrected chi connectivity index (χ0v) is 11.7. The Balaban J connectivity index is 2.91. The number of rotatable bonds is 7. The average Bonchev–Trinajstić information content (AvgIpc) is 2.34. The molecular formula is C13H17NO4S. The lowest BCUT2D eigenvalue weighted by molar-refractivity contribution is -0.479. The van der Waals surface area contributed by atoms with Gasteiger partial charge >= 0.3 is 5.97 Å². The van der Waals surface area contributed by atoms with Gasteiger partial charge in [-0.1, -0.05) is 36.8 Å². The topological polar surface area (TPSA) is 80.4 Å². The second-order valence-electron chi connectivity index (χ2n) is 4.29. The summed E-state index contributed by atoms with van der Waals surface area (Å²) in [6, 6.07) is 7.41. The molecule has 1 aromatic carbocycles. The molecule has 19 heavy (non-hydrogen) atoms. The Morgan fingerprint density at radius 2 is 2.00 bits per heavy atom. The molecule has 0 spiro atoms. The number of nitrogens with zero attached hydrogens (tertiary/aromatic N) is 1. The van der Waals surface area contributed by atoms with Crippen molar-refractivity contribution in [1.29, 1.82) is 0 Å². The monoisotopic (exact) mass is 283 g/mol. The molecule has 0 aliphatic rings. The zero-order valence-electron chi connectivity index (χ0n) is 10.9. The first-order chi connectivity index (χ1) is 8.93. The van der Waals surface area contributed by atoms with Crippen LogP contribution in [-0.2, 0) is 4.79 Å². The smallest absolute Gasteiger partial charge is 0.316 e. The van der Waals surface area contributed by atoms with Crippen molar-refractivity contribution in [3.63, 3.8) is 0 Å². The predicted octanol–water partition coefficient (Wildman–Crippen LogP) is 2.91. The normalized spacial score (nSPS) is 13.8. The Morgan fingerprint density at radius 1 is 1.42 bits per heavy atom. The lowest BCUT2D eigenvalue weighted by Crippen LogP contribution is -2.20. The van der Waals surface area contributed by atoms with Crippen molar-refractivity contribution >= 4 is 17.7 Å². The van der Waals surface area contributed by atoms with Gasteiger partial charge in [-0.25, -0.2) is 0 Å². The van der Waals surface area contributed by atoms with Gasteiger partial charge in [0.25, 0.3) is 0 Å². The van der Waals surface area contributed by atoms with E-state index in [2.05, 4.69) is 0 Å². The average molecular weight is 283 g/mol. The van der Waals surface area contributed by atoms with Crippen LogP contribution < -0.4 is 0 Å². The predicted molar refractivity (Wildman–Crippen MR) is 75.1 cm³/mol. The number of carboxylic acids is 1. The van der Waals surface area contributed by atoms with E-state index in [9.17, 15) is 14.9 Å². The number of carboxylic acid groups (broad SMARTS) is 1. The van der Waals surface area contributed by atoms with E-state index in [1.165, 1.54) is 0 Å². The van der Waals surface area contributed by atoms with Gasteiger partial charge in [0.05, 0.1) is 5.25 Å². The van der Waals surface area contributed by atoms with E-state index in [-0.39, 0.29) is 6.54 Å². The van der Waals surface area contributed by atoms with Crippen LogP contribution in [0.4, 0.5) is 0 Å². The fraction of sp³-hybridized carbons (Fsp3) is 0.462. The highest BCUT2D eigenvalue weighted by Gasteiger charge is 2.26. The fourth-order valence-electron chi connectivity index (χ4n) is 1.67. The highest BCUT2D eigenvalue weighted by molar-refractivity contribution is 8.00. The molecule has 1 N–H and O–H groups in total. The summed E-state index contributed by atoms with van der Waals surface area (Å²) >= 11 is 1.14. The third kappa shape index (κ3) is 4.90. The first-order valence-corrected chi connectivity index (χ1v) is 6.95. The minimum atomic E-state index is -0.923. The van der Waals surface area contributed by atoms with Gasteiger partial charge in [-0.05, 0) is 18.9 Å². The summed E-state index contributed by atoms with van der Waals surface area (Å²) in [5, 5.41) is 18.7. The molecular weight excluding hydrogens is 266 g/mol. The number of aliphatic carboxylic acids is 1. The molecule has 6 heteroatoms. The van der Waals surface area contributed by atoms with Crippen molar-refractivity contribution in [2.75, 3.05) is 6.54 Å². The maximum Gasteiger partial charge on any atom is 0.316 e. The van der Waals surface area contributed by atoms with Crippen LogP contribution in [0, 0.1) is 17.0 Å². The number of hydrogen-bond donors (Lipinski definition) is 1. The Kier molecular flexibility index (Phi) is 5.82. The minimum Gasteiger partial charge on any atom is -0.480 e. The lowest BCUT2D eigenvalue weighted by Gasteiger charge is -2.17. The number of carbonyl (C=O) groups is 1. The van der Waals surface area contributed by atoms with Gasteiger partial charge in [-0.3, -0.25) is 14.9 Å². The lowest BCUT2D eigenvalue weighted by atomic mass is 10.1. The molecule has 0 aliphatic heterocycles. The van der Waals surface area contributed by atoms with Gasteiger partial charge in [0, 0.05) is 4.92 Å². The first-order valence-electron chi connectivity index (χ1n) is 6.00. The molecule has 0 radical (unpaired) electrons. The standard InChI is InChI=1S/C13H17NO4S/c1-3-11(13(15)16)19-12(8-14(17)18)10-6-4-9(2)5-7-10/h4-7,11-12H,3,8H2,1-2H3,(H,15,16). The van der Waals surface area contributed by atoms with Gasteiger partial charge in [-0.2, -0.15) is 0 Å². The molecule has 0 fully saturated rings. The number of nitro groups is 1. The maximum absolute atomic E-state index is 11.0. The largest absolute Gasteiger partial charge is 0.480 e. The molecule has 1 aromatic rings. The molecule has 0 heterocycles. The van der Waals surface area contributed by atoms with Crippen LogP contribution in [0.3, 0.4) is 0 Å². The number of benzene rings is 1. The quantitative estimate of drug-likeness (QED) is 0.614. The summed E-state index contributed by atoms with van der Waals surface area (Å²) in [6.45, 7) is 3.44. The molecule has 0 saturated heterocycles. The summed E-state index contributed by atoms with van der Waals surface area (Å²) in [5.41, 5.74) is 1.87. The van der Waals surface area contributed by atoms with Crippen molar-refractivity contribution in [3.8, 4) is 0 Å². The molecule has 2 atom stereocenters. The third-order valence-corrected chi connectivity index (χ3v) is 4.35. The van der Waals surface area contributed by atoms with Gasteiger partial charge in [0.1, 0.15) is 5.25 Å². The first kappa shape index (κ1) is 15.5. The van der Waals surface area contributed by atoms with E-state index < -0.39 is 21.4 Å². The summed E-state index contributed by atoms with van der Waals surface area (Å²) < 4.78 is 0. The minimum absolute atomic E-state index is 0.266. The van der Waals surface area contributed by atoms with Crippen LogP contribution in [0.1, 0.15) is 29.7 Å². The Bertz CT molecular complexity index is 446. The second kappa shape index (κ2) is 7.13. The molecule has 0 aromatic heterocycles. The number of thioether (sulfide) groups is 1. The Morgan fingerprint density at radius 3 is 2.42 bits per heavy atom. The van der Waals surface area contributed by atoms with Crippen molar-refractivity contribution < 1.29 is 14.8 Å². The van der Waals surface area contributed by atoms with Crippen LogP contribution in [0.5, 0.6) is 0 Å². The van der Waals surface area contributed by atoms with Crippen LogP contribution in [0.15, 0.2) is 24.3 Å². The molecule has 1 rings (SSSR count). The highest BCUT2D eigenvalue weighted by atomic mass is 32.2. The zero-order chi connectivity index (χ0) is 14.4. The molecule has 2 unspecified atom stereocenters. The van der Waals surface area contributed by atoms with Gasteiger partial charge in [0.2, 0.25) is 6.54 Å². The van der Waals surface area contributed by atoms with E-state index in [0.717, 1.165) is 22.9 Å². The van der Waals surface area contributed by atoms with E-state index in [0.29, 0.717) is 6.42 Å².